The van der Waals surface area contributed by atoms with Crippen LogP contribution >= 0.6 is 11.3 Å². The Morgan fingerprint density at radius 3 is 2.39 bits per heavy atom. The highest BCUT2D eigenvalue weighted by molar-refractivity contribution is 7.19. The van der Waals surface area contributed by atoms with Crippen molar-refractivity contribution in [3.05, 3.63) is 41.5 Å². The first-order chi connectivity index (χ1) is 8.52. The summed E-state index contributed by atoms with van der Waals surface area (Å²) in [6, 6.07) is 10.1. The monoisotopic (exact) mass is 259 g/mol. The fourth-order valence-electron chi connectivity index (χ4n) is 2.00. The molecule has 0 unspecified atom stereocenters. The topological polar surface area (TPSA) is 43.1 Å². The molecule has 0 atom stereocenters. The van der Waals surface area contributed by atoms with Crippen LogP contribution in [0.5, 0.6) is 0 Å². The quantitative estimate of drug-likeness (QED) is 0.842. The van der Waals surface area contributed by atoms with E-state index in [-0.39, 0.29) is 11.7 Å². The maximum absolute atomic E-state index is 12.2. The molecule has 3 heteroatoms. The van der Waals surface area contributed by atoms with Crippen molar-refractivity contribution >= 4 is 22.1 Å². The summed E-state index contributed by atoms with van der Waals surface area (Å²) in [7, 11) is 0. The highest BCUT2D eigenvalue weighted by Gasteiger charge is 2.21. The summed E-state index contributed by atoms with van der Waals surface area (Å²) in [6.45, 7) is 5.78. The van der Waals surface area contributed by atoms with Crippen LogP contribution in [0.4, 0.5) is 5.00 Å². The normalized spacial score (nSPS) is 10.9. The van der Waals surface area contributed by atoms with Crippen LogP contribution < -0.4 is 5.73 Å². The first kappa shape index (κ1) is 12.8. The van der Waals surface area contributed by atoms with E-state index in [1.807, 2.05) is 51.1 Å². The number of Topliss-reactive ketones (excluding diaryl/α,β-unsaturated/α-hetero) is 1. The predicted octanol–water partition coefficient (Wildman–Crippen LogP) is 4.14. The molecule has 1 aromatic heterocycles. The van der Waals surface area contributed by atoms with Crippen molar-refractivity contribution in [3.63, 3.8) is 0 Å². The number of hydrogen-bond acceptors (Lipinski definition) is 3. The molecule has 2 aromatic rings. The Balaban J connectivity index is 2.54. The first-order valence-corrected chi connectivity index (χ1v) is 6.82. The number of carbonyl (C=O) groups excluding carboxylic acids is 1. The van der Waals surface area contributed by atoms with Gasteiger partial charge in [-0.1, -0.05) is 44.2 Å². The molecule has 2 nitrogen and oxygen atoms in total. The Morgan fingerprint density at radius 1 is 1.22 bits per heavy atom. The number of carbonyl (C=O) groups is 1. The second-order valence-corrected chi connectivity index (χ2v) is 5.73. The number of thiophene rings is 1. The molecule has 0 saturated carbocycles. The molecule has 0 amide bonds. The van der Waals surface area contributed by atoms with E-state index in [0.29, 0.717) is 10.6 Å². The van der Waals surface area contributed by atoms with Crippen LogP contribution in [0.1, 0.15) is 29.8 Å². The van der Waals surface area contributed by atoms with Gasteiger partial charge in [0.15, 0.2) is 5.78 Å². The lowest BCUT2D eigenvalue weighted by atomic mass is 9.97. The van der Waals surface area contributed by atoms with Gasteiger partial charge < -0.3 is 5.73 Å². The van der Waals surface area contributed by atoms with Crippen molar-refractivity contribution in [2.75, 3.05) is 5.73 Å². The molecule has 1 aromatic carbocycles. The number of rotatable bonds is 3. The molecular formula is C15H17NOS. The van der Waals surface area contributed by atoms with E-state index >= 15 is 0 Å². The molecule has 18 heavy (non-hydrogen) atoms. The van der Waals surface area contributed by atoms with Gasteiger partial charge in [0.05, 0.1) is 10.6 Å². The third kappa shape index (κ3) is 2.18. The van der Waals surface area contributed by atoms with Gasteiger partial charge in [0, 0.05) is 10.8 Å². The summed E-state index contributed by atoms with van der Waals surface area (Å²) >= 11 is 1.50. The largest absolute Gasteiger partial charge is 0.390 e. The lowest BCUT2D eigenvalue weighted by Gasteiger charge is -2.05. The summed E-state index contributed by atoms with van der Waals surface area (Å²) in [4.78, 5) is 13.3. The van der Waals surface area contributed by atoms with E-state index in [9.17, 15) is 4.79 Å². The fraction of sp³-hybridized carbons (Fsp3) is 0.267. The minimum absolute atomic E-state index is 0.0239. The Kier molecular flexibility index (Phi) is 3.53. The highest BCUT2D eigenvalue weighted by atomic mass is 32.1. The van der Waals surface area contributed by atoms with Crippen LogP contribution in [0.25, 0.3) is 10.4 Å². The van der Waals surface area contributed by atoms with Crippen LogP contribution in [-0.2, 0) is 0 Å². The van der Waals surface area contributed by atoms with Gasteiger partial charge in [0.25, 0.3) is 0 Å². The van der Waals surface area contributed by atoms with Crippen LogP contribution in [0.3, 0.4) is 0 Å². The zero-order chi connectivity index (χ0) is 13.3. The Hall–Kier alpha value is -1.61. The van der Waals surface area contributed by atoms with Crippen LogP contribution in [0.15, 0.2) is 30.3 Å². The van der Waals surface area contributed by atoms with Gasteiger partial charge in [-0.3, -0.25) is 4.79 Å². The van der Waals surface area contributed by atoms with E-state index in [0.717, 1.165) is 16.0 Å². The Bertz CT molecular complexity index is 570. The minimum atomic E-state index is -0.0239. The number of anilines is 1. The maximum atomic E-state index is 12.2. The number of ketones is 1. The third-order valence-electron chi connectivity index (χ3n) is 2.98. The van der Waals surface area contributed by atoms with E-state index in [4.69, 9.17) is 5.73 Å². The number of benzene rings is 1. The fourth-order valence-corrected chi connectivity index (χ4v) is 3.08. The van der Waals surface area contributed by atoms with Gasteiger partial charge in [0.1, 0.15) is 0 Å². The summed E-state index contributed by atoms with van der Waals surface area (Å²) in [5.41, 5.74) is 8.84. The van der Waals surface area contributed by atoms with Crippen LogP contribution in [0, 0.1) is 12.8 Å². The SMILES string of the molecule is Cc1c(-c2ccccc2)sc(N)c1C(=O)C(C)C. The van der Waals surface area contributed by atoms with Gasteiger partial charge in [-0.2, -0.15) is 0 Å². The van der Waals surface area contributed by atoms with Crippen molar-refractivity contribution in [2.45, 2.75) is 20.8 Å². The number of hydrogen-bond donors (Lipinski definition) is 1. The smallest absolute Gasteiger partial charge is 0.168 e. The second-order valence-electron chi connectivity index (χ2n) is 4.68. The maximum Gasteiger partial charge on any atom is 0.168 e. The molecule has 94 valence electrons. The zero-order valence-corrected chi connectivity index (χ0v) is 11.7. The van der Waals surface area contributed by atoms with Crippen molar-refractivity contribution < 1.29 is 4.79 Å². The molecule has 0 aliphatic carbocycles. The van der Waals surface area contributed by atoms with Gasteiger partial charge in [-0.25, -0.2) is 0 Å². The summed E-state index contributed by atoms with van der Waals surface area (Å²) < 4.78 is 0. The van der Waals surface area contributed by atoms with E-state index in [1.54, 1.807) is 0 Å². The third-order valence-corrected chi connectivity index (χ3v) is 4.15. The highest BCUT2D eigenvalue weighted by Crippen LogP contribution is 2.38. The van der Waals surface area contributed by atoms with E-state index in [1.165, 1.54) is 11.3 Å². The van der Waals surface area contributed by atoms with Gasteiger partial charge in [0.2, 0.25) is 0 Å². The molecule has 0 saturated heterocycles. The summed E-state index contributed by atoms with van der Waals surface area (Å²) in [5, 5.41) is 0.630. The minimum Gasteiger partial charge on any atom is -0.390 e. The van der Waals surface area contributed by atoms with Gasteiger partial charge in [-0.15, -0.1) is 11.3 Å². The molecule has 2 rings (SSSR count). The van der Waals surface area contributed by atoms with Crippen molar-refractivity contribution in [1.82, 2.24) is 0 Å². The molecule has 0 spiro atoms. The molecule has 0 radical (unpaired) electrons. The average molecular weight is 259 g/mol. The number of nitrogens with two attached hydrogens (primary N) is 1. The van der Waals surface area contributed by atoms with E-state index in [2.05, 4.69) is 0 Å². The molecule has 0 aliphatic rings. The van der Waals surface area contributed by atoms with Crippen LogP contribution in [-0.4, -0.2) is 5.78 Å². The Morgan fingerprint density at radius 2 is 1.83 bits per heavy atom. The summed E-state index contributed by atoms with van der Waals surface area (Å²) in [5.74, 6) is 0.104. The van der Waals surface area contributed by atoms with E-state index < -0.39 is 0 Å². The van der Waals surface area contributed by atoms with Crippen LogP contribution in [0.2, 0.25) is 0 Å². The molecule has 0 bridgehead atoms. The van der Waals surface area contributed by atoms with Crippen molar-refractivity contribution in [2.24, 2.45) is 5.92 Å². The molecule has 0 fully saturated rings. The Labute approximate surface area is 111 Å². The molecule has 0 aliphatic heterocycles. The van der Waals surface area contributed by atoms with Gasteiger partial charge in [-0.05, 0) is 18.1 Å². The first-order valence-electron chi connectivity index (χ1n) is 6.01. The lowest BCUT2D eigenvalue weighted by molar-refractivity contribution is 0.0940. The number of nitrogen functional groups attached to an aromatic ring is 1. The lowest BCUT2D eigenvalue weighted by Crippen LogP contribution is -2.09. The van der Waals surface area contributed by atoms with Crippen molar-refractivity contribution in [3.8, 4) is 10.4 Å². The van der Waals surface area contributed by atoms with Gasteiger partial charge >= 0.3 is 0 Å². The molecular weight excluding hydrogens is 242 g/mol. The van der Waals surface area contributed by atoms with Crippen molar-refractivity contribution in [1.29, 1.82) is 0 Å². The second kappa shape index (κ2) is 4.94. The standard InChI is InChI=1S/C15H17NOS/c1-9(2)13(17)12-10(3)14(18-15(12)16)11-7-5-4-6-8-11/h4-9H,16H2,1-3H3. The molecule has 2 N–H and O–H groups in total. The predicted molar refractivity (Wildman–Crippen MR) is 78.1 cm³/mol. The average Bonchev–Trinajstić information content (AvgIpc) is 2.65. The molecule has 1 heterocycles. The zero-order valence-electron chi connectivity index (χ0n) is 10.9. The summed E-state index contributed by atoms with van der Waals surface area (Å²) in [6.07, 6.45) is 0.